The maximum absolute atomic E-state index is 13.3. The fourth-order valence-electron chi connectivity index (χ4n) is 3.68. The number of rotatable bonds is 11. The van der Waals surface area contributed by atoms with Crippen molar-refractivity contribution in [1.29, 1.82) is 0 Å². The Morgan fingerprint density at radius 3 is 2.26 bits per heavy atom. The zero-order valence-corrected chi connectivity index (χ0v) is 22.7. The van der Waals surface area contributed by atoms with Gasteiger partial charge in [-0.05, 0) is 64.3 Å². The summed E-state index contributed by atoms with van der Waals surface area (Å²) in [6, 6.07) is 15.7. The third-order valence-electron chi connectivity index (χ3n) is 5.40. The zero-order valence-electron chi connectivity index (χ0n) is 21.1. The molecule has 2 amide bonds. The molecule has 192 valence electrons. The summed E-state index contributed by atoms with van der Waals surface area (Å²) >= 11 is 6.04. The van der Waals surface area contributed by atoms with Gasteiger partial charge in [0.05, 0.1) is 11.9 Å². The molecule has 2 rings (SSSR count). The van der Waals surface area contributed by atoms with E-state index in [-0.39, 0.29) is 24.8 Å². The predicted octanol–water partition coefficient (Wildman–Crippen LogP) is 4.26. The molecular weight excluding hydrogens is 486 g/mol. The number of hydrogen-bond donors (Lipinski definition) is 1. The number of anilines is 1. The van der Waals surface area contributed by atoms with Gasteiger partial charge in [-0.1, -0.05) is 48.0 Å². The van der Waals surface area contributed by atoms with Gasteiger partial charge in [-0.2, -0.15) is 0 Å². The maximum Gasteiger partial charge on any atom is 0.242 e. The van der Waals surface area contributed by atoms with Crippen LogP contribution in [-0.4, -0.2) is 56.1 Å². The van der Waals surface area contributed by atoms with E-state index in [1.165, 1.54) is 4.31 Å². The number of benzene rings is 2. The van der Waals surface area contributed by atoms with Gasteiger partial charge in [0.15, 0.2) is 0 Å². The first kappa shape index (κ1) is 28.7. The molecule has 0 fully saturated rings. The topological polar surface area (TPSA) is 86.8 Å². The molecule has 0 saturated carbocycles. The lowest BCUT2D eigenvalue weighted by molar-refractivity contribution is -0.140. The van der Waals surface area contributed by atoms with E-state index in [0.717, 1.165) is 11.8 Å². The summed E-state index contributed by atoms with van der Waals surface area (Å²) in [7, 11) is -3.56. The first-order valence-corrected chi connectivity index (χ1v) is 13.9. The lowest BCUT2D eigenvalue weighted by Gasteiger charge is -2.32. The first-order chi connectivity index (χ1) is 16.3. The molecule has 2 aromatic rings. The molecule has 0 spiro atoms. The average Bonchev–Trinajstić information content (AvgIpc) is 2.75. The molecule has 7 nitrogen and oxygen atoms in total. The monoisotopic (exact) mass is 521 g/mol. The summed E-state index contributed by atoms with van der Waals surface area (Å²) < 4.78 is 26.0. The quantitative estimate of drug-likeness (QED) is 0.478. The van der Waals surface area contributed by atoms with E-state index in [2.05, 4.69) is 5.32 Å². The highest BCUT2D eigenvalue weighted by atomic mass is 35.5. The van der Waals surface area contributed by atoms with Crippen LogP contribution >= 0.6 is 11.6 Å². The molecule has 0 aromatic heterocycles. The van der Waals surface area contributed by atoms with Crippen molar-refractivity contribution >= 4 is 39.1 Å². The molecule has 0 saturated heterocycles. The summed E-state index contributed by atoms with van der Waals surface area (Å²) in [6.07, 6.45) is 2.14. The minimum atomic E-state index is -3.56. The Kier molecular flexibility index (Phi) is 10.2. The van der Waals surface area contributed by atoms with E-state index < -0.39 is 21.6 Å². The van der Waals surface area contributed by atoms with Gasteiger partial charge in [0.2, 0.25) is 21.8 Å². The van der Waals surface area contributed by atoms with Crippen molar-refractivity contribution in [2.24, 2.45) is 0 Å². The molecule has 2 aromatic carbocycles. The second-order valence-corrected chi connectivity index (χ2v) is 12.0. The van der Waals surface area contributed by atoms with Gasteiger partial charge in [-0.15, -0.1) is 0 Å². The molecule has 1 atom stereocenters. The highest BCUT2D eigenvalue weighted by Crippen LogP contribution is 2.22. The van der Waals surface area contributed by atoms with Crippen LogP contribution in [0.15, 0.2) is 54.6 Å². The number of nitrogens with one attached hydrogen (secondary N) is 1. The standard InChI is InChI=1S/C26H36ClN3O4S/c1-20(25(32)28-26(2,3)4)29(18-16-21-11-7-6-8-12-21)24(31)15-10-17-30(35(5,33)34)23-14-9-13-22(27)19-23/h6-9,11-14,19-20H,10,15-18H2,1-5H3,(H,28,32)/t20-/m0/s1. The Morgan fingerprint density at radius 1 is 1.03 bits per heavy atom. The van der Waals surface area contributed by atoms with Crippen LogP contribution in [0.2, 0.25) is 5.02 Å². The second-order valence-electron chi connectivity index (χ2n) is 9.66. The van der Waals surface area contributed by atoms with Crippen molar-refractivity contribution in [2.45, 2.75) is 58.5 Å². The van der Waals surface area contributed by atoms with Gasteiger partial charge in [0.25, 0.3) is 0 Å². The Bertz CT molecular complexity index is 1100. The van der Waals surface area contributed by atoms with Crippen LogP contribution in [0.4, 0.5) is 5.69 Å². The highest BCUT2D eigenvalue weighted by Gasteiger charge is 2.28. The van der Waals surface area contributed by atoms with Gasteiger partial charge in [0, 0.05) is 30.1 Å². The predicted molar refractivity (Wildman–Crippen MR) is 142 cm³/mol. The van der Waals surface area contributed by atoms with Crippen LogP contribution in [0, 0.1) is 0 Å². The molecular formula is C26H36ClN3O4S. The third kappa shape index (κ3) is 9.53. The number of carbonyl (C=O) groups is 2. The van der Waals surface area contributed by atoms with Gasteiger partial charge in [-0.25, -0.2) is 8.42 Å². The van der Waals surface area contributed by atoms with Crippen molar-refractivity contribution < 1.29 is 18.0 Å². The van der Waals surface area contributed by atoms with Crippen molar-refractivity contribution in [3.63, 3.8) is 0 Å². The highest BCUT2D eigenvalue weighted by molar-refractivity contribution is 7.92. The van der Waals surface area contributed by atoms with E-state index >= 15 is 0 Å². The Labute approximate surface area is 214 Å². The number of nitrogens with zero attached hydrogens (tertiary/aromatic N) is 2. The van der Waals surface area contributed by atoms with Crippen molar-refractivity contribution in [2.75, 3.05) is 23.7 Å². The van der Waals surface area contributed by atoms with Crippen LogP contribution in [0.1, 0.15) is 46.1 Å². The van der Waals surface area contributed by atoms with E-state index in [1.807, 2.05) is 51.1 Å². The molecule has 9 heteroatoms. The summed E-state index contributed by atoms with van der Waals surface area (Å²) in [5, 5.41) is 3.37. The minimum absolute atomic E-state index is 0.106. The fourth-order valence-corrected chi connectivity index (χ4v) is 4.82. The second kappa shape index (κ2) is 12.4. The van der Waals surface area contributed by atoms with Gasteiger partial charge in [-0.3, -0.25) is 13.9 Å². The average molecular weight is 522 g/mol. The van der Waals surface area contributed by atoms with Gasteiger partial charge < -0.3 is 10.2 Å². The number of sulfonamides is 1. The molecule has 0 radical (unpaired) electrons. The number of halogens is 1. The number of amides is 2. The molecule has 35 heavy (non-hydrogen) atoms. The summed E-state index contributed by atoms with van der Waals surface area (Å²) in [5.74, 6) is -0.423. The molecule has 0 unspecified atom stereocenters. The van der Waals surface area contributed by atoms with Crippen LogP contribution in [-0.2, 0) is 26.0 Å². The smallest absolute Gasteiger partial charge is 0.242 e. The van der Waals surface area contributed by atoms with Crippen molar-refractivity contribution in [1.82, 2.24) is 10.2 Å². The molecule has 0 bridgehead atoms. The van der Waals surface area contributed by atoms with Crippen molar-refractivity contribution in [3.8, 4) is 0 Å². The van der Waals surface area contributed by atoms with Crippen LogP contribution in [0.25, 0.3) is 0 Å². The van der Waals surface area contributed by atoms with E-state index in [0.29, 0.717) is 30.1 Å². The van der Waals surface area contributed by atoms with Crippen LogP contribution in [0.3, 0.4) is 0 Å². The van der Waals surface area contributed by atoms with Crippen LogP contribution in [0.5, 0.6) is 0 Å². The zero-order chi connectivity index (χ0) is 26.2. The summed E-state index contributed by atoms with van der Waals surface area (Å²) in [6.45, 7) is 7.90. The van der Waals surface area contributed by atoms with E-state index in [4.69, 9.17) is 11.6 Å². The molecule has 0 aliphatic carbocycles. The first-order valence-electron chi connectivity index (χ1n) is 11.7. The molecule has 0 heterocycles. The van der Waals surface area contributed by atoms with Gasteiger partial charge >= 0.3 is 0 Å². The minimum Gasteiger partial charge on any atom is -0.350 e. The Balaban J connectivity index is 2.13. The largest absolute Gasteiger partial charge is 0.350 e. The SMILES string of the molecule is C[C@@H](C(=O)NC(C)(C)C)N(CCc1ccccc1)C(=O)CCCN(c1cccc(Cl)c1)S(C)(=O)=O. The summed E-state index contributed by atoms with van der Waals surface area (Å²) in [5.41, 5.74) is 1.09. The van der Waals surface area contributed by atoms with E-state index in [1.54, 1.807) is 36.1 Å². The molecule has 0 aliphatic rings. The molecule has 1 N–H and O–H groups in total. The number of carbonyl (C=O) groups excluding carboxylic acids is 2. The van der Waals surface area contributed by atoms with Crippen molar-refractivity contribution in [3.05, 3.63) is 65.2 Å². The van der Waals surface area contributed by atoms with Gasteiger partial charge in [0.1, 0.15) is 6.04 Å². The third-order valence-corrected chi connectivity index (χ3v) is 6.83. The summed E-state index contributed by atoms with van der Waals surface area (Å²) in [4.78, 5) is 27.7. The Morgan fingerprint density at radius 2 is 1.69 bits per heavy atom. The Hall–Kier alpha value is -2.58. The molecule has 0 aliphatic heterocycles. The van der Waals surface area contributed by atoms with Crippen LogP contribution < -0.4 is 9.62 Å². The lowest BCUT2D eigenvalue weighted by atomic mass is 10.1. The number of hydrogen-bond acceptors (Lipinski definition) is 4. The lowest BCUT2D eigenvalue weighted by Crippen LogP contribution is -2.53. The normalized spacial score (nSPS) is 12.6. The van der Waals surface area contributed by atoms with E-state index in [9.17, 15) is 18.0 Å². The maximum atomic E-state index is 13.3. The fraction of sp³-hybridized carbons (Fsp3) is 0.462.